The van der Waals surface area contributed by atoms with Gasteiger partial charge in [-0.15, -0.1) is 0 Å². The van der Waals surface area contributed by atoms with Gasteiger partial charge in [0.05, 0.1) is 7.11 Å². The van der Waals surface area contributed by atoms with E-state index < -0.39 is 0 Å². The molecule has 0 aliphatic heterocycles. The molecule has 4 nitrogen and oxygen atoms in total. The number of para-hydroxylation sites is 1. The van der Waals surface area contributed by atoms with Gasteiger partial charge in [-0.05, 0) is 36.2 Å². The van der Waals surface area contributed by atoms with E-state index in [4.69, 9.17) is 4.74 Å². The quantitative estimate of drug-likeness (QED) is 0.772. The van der Waals surface area contributed by atoms with Gasteiger partial charge in [0.25, 0.3) is 0 Å². The van der Waals surface area contributed by atoms with Gasteiger partial charge in [-0.1, -0.05) is 30.3 Å². The molecule has 0 aromatic heterocycles. The summed E-state index contributed by atoms with van der Waals surface area (Å²) in [6.45, 7) is 3.36. The maximum atomic E-state index is 11.9. The summed E-state index contributed by atoms with van der Waals surface area (Å²) in [6.07, 6.45) is 0.449. The number of rotatable bonds is 7. The number of carbonyl (C=O) groups is 1. The first kappa shape index (κ1) is 16.0. The van der Waals surface area contributed by atoms with Gasteiger partial charge < -0.3 is 15.4 Å². The van der Waals surface area contributed by atoms with Crippen LogP contribution in [0.3, 0.4) is 0 Å². The predicted molar refractivity (Wildman–Crippen MR) is 89.1 cm³/mol. The van der Waals surface area contributed by atoms with Crippen molar-refractivity contribution >= 4 is 11.6 Å². The Morgan fingerprint density at radius 3 is 2.50 bits per heavy atom. The summed E-state index contributed by atoms with van der Waals surface area (Å²) in [4.78, 5) is 11.9. The highest BCUT2D eigenvalue weighted by atomic mass is 16.5. The lowest BCUT2D eigenvalue weighted by Crippen LogP contribution is -2.21. The van der Waals surface area contributed by atoms with E-state index >= 15 is 0 Å². The van der Waals surface area contributed by atoms with E-state index in [9.17, 15) is 4.79 Å². The molecule has 0 saturated carbocycles. The molecular weight excluding hydrogens is 276 g/mol. The molecule has 0 radical (unpaired) electrons. The molecule has 2 aromatic rings. The number of hydrogen-bond donors (Lipinski definition) is 2. The van der Waals surface area contributed by atoms with Crippen LogP contribution in [0.15, 0.2) is 48.5 Å². The second-order valence-electron chi connectivity index (χ2n) is 5.14. The maximum Gasteiger partial charge on any atom is 0.225 e. The maximum absolute atomic E-state index is 11.9. The first-order valence-corrected chi connectivity index (χ1v) is 7.38. The number of amides is 1. The van der Waals surface area contributed by atoms with Crippen LogP contribution < -0.4 is 15.4 Å². The molecular formula is C18H22N2O2. The van der Waals surface area contributed by atoms with Crippen LogP contribution in [0.2, 0.25) is 0 Å². The summed E-state index contributed by atoms with van der Waals surface area (Å²) in [5.74, 6) is 0.873. The van der Waals surface area contributed by atoms with Crippen molar-refractivity contribution in [2.45, 2.75) is 19.9 Å². The Balaban J connectivity index is 1.69. The Hall–Kier alpha value is -2.33. The second-order valence-corrected chi connectivity index (χ2v) is 5.14. The number of hydrogen-bond acceptors (Lipinski definition) is 3. The minimum absolute atomic E-state index is 0.0246. The van der Waals surface area contributed by atoms with Crippen molar-refractivity contribution in [2.75, 3.05) is 19.0 Å². The molecule has 0 fully saturated rings. The molecule has 0 heterocycles. The van der Waals surface area contributed by atoms with Crippen molar-refractivity contribution in [1.29, 1.82) is 0 Å². The van der Waals surface area contributed by atoms with Gasteiger partial charge in [-0.3, -0.25) is 4.79 Å². The molecule has 0 unspecified atom stereocenters. The Bertz CT molecular complexity index is 609. The normalized spacial score (nSPS) is 10.3. The molecule has 4 heteroatoms. The van der Waals surface area contributed by atoms with Crippen LogP contribution in [-0.4, -0.2) is 19.6 Å². The molecule has 2 N–H and O–H groups in total. The summed E-state index contributed by atoms with van der Waals surface area (Å²) in [7, 11) is 1.65. The third-order valence-corrected chi connectivity index (χ3v) is 3.44. The average Bonchev–Trinajstić information content (AvgIpc) is 2.54. The lowest BCUT2D eigenvalue weighted by molar-refractivity contribution is -0.116. The van der Waals surface area contributed by atoms with Crippen molar-refractivity contribution in [3.8, 4) is 5.75 Å². The molecule has 2 aromatic carbocycles. The summed E-state index contributed by atoms with van der Waals surface area (Å²) in [5.41, 5.74) is 3.12. The fourth-order valence-corrected chi connectivity index (χ4v) is 2.10. The van der Waals surface area contributed by atoms with E-state index in [2.05, 4.69) is 10.6 Å². The van der Waals surface area contributed by atoms with Gasteiger partial charge in [0.2, 0.25) is 5.91 Å². The monoisotopic (exact) mass is 298 g/mol. The van der Waals surface area contributed by atoms with Crippen molar-refractivity contribution in [3.05, 3.63) is 59.7 Å². The summed E-state index contributed by atoms with van der Waals surface area (Å²) >= 11 is 0. The van der Waals surface area contributed by atoms with Crippen LogP contribution in [0.4, 0.5) is 5.69 Å². The molecule has 0 aliphatic rings. The van der Waals surface area contributed by atoms with Crippen molar-refractivity contribution < 1.29 is 9.53 Å². The topological polar surface area (TPSA) is 50.4 Å². The highest BCUT2D eigenvalue weighted by Crippen LogP contribution is 2.13. The van der Waals surface area contributed by atoms with Gasteiger partial charge in [-0.25, -0.2) is 0 Å². The van der Waals surface area contributed by atoms with Crippen LogP contribution >= 0.6 is 0 Å². The van der Waals surface area contributed by atoms with Crippen LogP contribution in [0.5, 0.6) is 5.75 Å². The molecule has 2 rings (SSSR count). The Morgan fingerprint density at radius 2 is 1.82 bits per heavy atom. The minimum Gasteiger partial charge on any atom is -0.497 e. The Kier molecular flexibility index (Phi) is 5.98. The van der Waals surface area contributed by atoms with Gasteiger partial charge in [-0.2, -0.15) is 0 Å². The van der Waals surface area contributed by atoms with Crippen LogP contribution in [0, 0.1) is 6.92 Å². The van der Waals surface area contributed by atoms with Crippen LogP contribution in [-0.2, 0) is 11.3 Å². The summed E-state index contributed by atoms with van der Waals surface area (Å²) in [6, 6.07) is 15.7. The molecule has 116 valence electrons. The fraction of sp³-hybridized carbons (Fsp3) is 0.278. The van der Waals surface area contributed by atoms with Gasteiger partial charge in [0.15, 0.2) is 0 Å². The summed E-state index contributed by atoms with van der Waals surface area (Å²) in [5, 5.41) is 6.20. The zero-order chi connectivity index (χ0) is 15.8. The highest BCUT2D eigenvalue weighted by Gasteiger charge is 2.03. The van der Waals surface area contributed by atoms with E-state index in [1.807, 2.05) is 55.5 Å². The number of carbonyl (C=O) groups excluding carboxylic acids is 1. The van der Waals surface area contributed by atoms with Crippen LogP contribution in [0.1, 0.15) is 17.5 Å². The molecule has 22 heavy (non-hydrogen) atoms. The van der Waals surface area contributed by atoms with Gasteiger partial charge >= 0.3 is 0 Å². The third-order valence-electron chi connectivity index (χ3n) is 3.44. The standard InChI is InChI=1S/C18H22N2O2/c1-14-5-3-4-6-17(14)20-18(21)11-12-19-13-15-7-9-16(22-2)10-8-15/h3-10,19H,11-13H2,1-2H3,(H,20,21). The predicted octanol–water partition coefficient (Wildman–Crippen LogP) is 3.12. The number of nitrogens with one attached hydrogen (secondary N) is 2. The van der Waals surface area contributed by atoms with E-state index in [-0.39, 0.29) is 5.91 Å². The van der Waals surface area contributed by atoms with Gasteiger partial charge in [0.1, 0.15) is 5.75 Å². The van der Waals surface area contributed by atoms with Crippen molar-refractivity contribution in [3.63, 3.8) is 0 Å². The molecule has 0 spiro atoms. The first-order valence-electron chi connectivity index (χ1n) is 7.38. The minimum atomic E-state index is 0.0246. The Morgan fingerprint density at radius 1 is 1.09 bits per heavy atom. The molecule has 0 aliphatic carbocycles. The number of anilines is 1. The highest BCUT2D eigenvalue weighted by molar-refractivity contribution is 5.91. The average molecular weight is 298 g/mol. The third kappa shape index (κ3) is 4.90. The summed E-state index contributed by atoms with van der Waals surface area (Å²) < 4.78 is 5.12. The zero-order valence-corrected chi connectivity index (χ0v) is 13.1. The van der Waals surface area contributed by atoms with E-state index in [1.54, 1.807) is 7.11 Å². The lowest BCUT2D eigenvalue weighted by atomic mass is 10.2. The smallest absolute Gasteiger partial charge is 0.225 e. The molecule has 1 amide bonds. The SMILES string of the molecule is COc1ccc(CNCCC(=O)Nc2ccccc2C)cc1. The number of benzene rings is 2. The Labute approximate surface area is 131 Å². The number of ether oxygens (including phenoxy) is 1. The van der Waals surface area contributed by atoms with E-state index in [0.29, 0.717) is 13.0 Å². The molecule has 0 atom stereocenters. The van der Waals surface area contributed by atoms with E-state index in [0.717, 1.165) is 23.5 Å². The second kappa shape index (κ2) is 8.20. The van der Waals surface area contributed by atoms with E-state index in [1.165, 1.54) is 5.56 Å². The van der Waals surface area contributed by atoms with Crippen LogP contribution in [0.25, 0.3) is 0 Å². The molecule has 0 saturated heterocycles. The molecule has 0 bridgehead atoms. The van der Waals surface area contributed by atoms with Gasteiger partial charge in [0, 0.05) is 25.2 Å². The lowest BCUT2D eigenvalue weighted by Gasteiger charge is -2.09. The van der Waals surface area contributed by atoms with Crippen molar-refractivity contribution in [1.82, 2.24) is 5.32 Å². The number of aryl methyl sites for hydroxylation is 1. The van der Waals surface area contributed by atoms with Crippen molar-refractivity contribution in [2.24, 2.45) is 0 Å². The first-order chi connectivity index (χ1) is 10.7. The number of methoxy groups -OCH3 is 1. The fourth-order valence-electron chi connectivity index (χ4n) is 2.10. The zero-order valence-electron chi connectivity index (χ0n) is 13.1. The largest absolute Gasteiger partial charge is 0.497 e.